The maximum absolute atomic E-state index is 14.4. The lowest BCUT2D eigenvalue weighted by Gasteiger charge is -2.39. The predicted octanol–water partition coefficient (Wildman–Crippen LogP) is 2.99. The van der Waals surface area contributed by atoms with Crippen molar-refractivity contribution < 1.29 is 33.8 Å². The largest absolute Gasteiger partial charge is 0.460 e. The van der Waals surface area contributed by atoms with Crippen molar-refractivity contribution in [3.05, 3.63) is 25.3 Å². The molecule has 3 aliphatic rings. The monoisotopic (exact) mass is 589 g/mol. The molecule has 2 bridgehead atoms. The predicted molar refractivity (Wildman–Crippen MR) is 159 cm³/mol. The van der Waals surface area contributed by atoms with E-state index < -0.39 is 47.7 Å². The number of nitrogens with one attached hydrogen (secondary N) is 1. The third-order valence-electron chi connectivity index (χ3n) is 8.76. The summed E-state index contributed by atoms with van der Waals surface area (Å²) >= 11 is 0. The van der Waals surface area contributed by atoms with Crippen molar-refractivity contribution in [1.82, 2.24) is 15.1 Å². The van der Waals surface area contributed by atoms with E-state index in [0.29, 0.717) is 45.2 Å². The van der Waals surface area contributed by atoms with Gasteiger partial charge in [-0.1, -0.05) is 45.8 Å². The molecule has 3 saturated heterocycles. The number of rotatable bonds is 18. The molecule has 0 radical (unpaired) electrons. The molecular weight excluding hydrogens is 538 g/mol. The van der Waals surface area contributed by atoms with Gasteiger partial charge in [-0.25, -0.2) is 0 Å². The highest BCUT2D eigenvalue weighted by atomic mass is 16.6. The van der Waals surface area contributed by atoms with E-state index in [4.69, 9.17) is 9.47 Å². The van der Waals surface area contributed by atoms with Gasteiger partial charge >= 0.3 is 5.97 Å². The Morgan fingerprint density at radius 1 is 1.24 bits per heavy atom. The average molecular weight is 590 g/mol. The number of carbonyl (C=O) groups is 4. The second kappa shape index (κ2) is 15.1. The fourth-order valence-electron chi connectivity index (χ4n) is 6.92. The standard InChI is InChI=1S/C32H51N3O7/c1-7-10-12-17-34(16-9-3)30(39)28-32-15-14-24(42-32)26(27(32)29(38)35(28)23(20-36)18-21(4)5)31(40)41-22(6)19-33-25(37)13-11-8-2/h8-9,21-24,26-28,36H,2-3,7,10-20H2,1,4-6H3,(H,33,37)/t22-,23-,24-,26+,27+,28-,32+/m1/s1. The number of carbonyl (C=O) groups excluding carboxylic acids is 4. The van der Waals surface area contributed by atoms with Gasteiger partial charge in [0.1, 0.15) is 17.7 Å². The molecule has 0 aromatic rings. The zero-order valence-corrected chi connectivity index (χ0v) is 25.9. The number of allylic oxidation sites excluding steroid dienone is 1. The minimum atomic E-state index is -1.17. The van der Waals surface area contributed by atoms with Crippen LogP contribution in [-0.4, -0.2) is 94.7 Å². The van der Waals surface area contributed by atoms with Gasteiger partial charge in [-0.05, 0) is 44.9 Å². The van der Waals surface area contributed by atoms with Crippen LogP contribution in [0.1, 0.15) is 79.1 Å². The summed E-state index contributed by atoms with van der Waals surface area (Å²) in [6.45, 7) is 16.0. The Balaban J connectivity index is 1.90. The molecular formula is C32H51N3O7. The maximum Gasteiger partial charge on any atom is 0.312 e. The molecule has 10 heteroatoms. The first-order chi connectivity index (χ1) is 20.1. The Kier molecular flexibility index (Phi) is 12.2. The third kappa shape index (κ3) is 7.08. The number of aliphatic hydroxyl groups is 1. The van der Waals surface area contributed by atoms with Gasteiger partial charge in [-0.2, -0.15) is 0 Å². The average Bonchev–Trinajstić information content (AvgIpc) is 3.60. The number of unbranched alkanes of at least 4 members (excludes halogenated alkanes) is 2. The molecule has 0 aliphatic carbocycles. The van der Waals surface area contributed by atoms with Gasteiger partial charge < -0.3 is 29.7 Å². The molecule has 42 heavy (non-hydrogen) atoms. The van der Waals surface area contributed by atoms with Gasteiger partial charge in [-0.15, -0.1) is 13.2 Å². The number of hydrogen-bond acceptors (Lipinski definition) is 7. The van der Waals surface area contributed by atoms with Crippen LogP contribution in [0.3, 0.4) is 0 Å². The normalized spacial score (nSPS) is 27.5. The molecule has 3 aliphatic heterocycles. The second-order valence-corrected chi connectivity index (χ2v) is 12.4. The van der Waals surface area contributed by atoms with Crippen molar-refractivity contribution in [2.24, 2.45) is 17.8 Å². The maximum atomic E-state index is 14.4. The Hall–Kier alpha value is -2.72. The lowest BCUT2D eigenvalue weighted by molar-refractivity contribution is -0.160. The quantitative estimate of drug-likeness (QED) is 0.143. The lowest BCUT2D eigenvalue weighted by atomic mass is 9.70. The molecule has 0 aromatic heterocycles. The van der Waals surface area contributed by atoms with E-state index in [9.17, 15) is 24.3 Å². The lowest BCUT2D eigenvalue weighted by Crippen LogP contribution is -2.59. The summed E-state index contributed by atoms with van der Waals surface area (Å²) in [5.41, 5.74) is -1.17. The third-order valence-corrected chi connectivity index (χ3v) is 8.76. The van der Waals surface area contributed by atoms with Crippen LogP contribution >= 0.6 is 0 Å². The van der Waals surface area contributed by atoms with Gasteiger partial charge in [0.25, 0.3) is 0 Å². The Morgan fingerprint density at radius 2 is 1.98 bits per heavy atom. The highest BCUT2D eigenvalue weighted by Gasteiger charge is 2.75. The number of fused-ring (bicyclic) bond motifs is 1. The first-order valence-corrected chi connectivity index (χ1v) is 15.6. The zero-order valence-electron chi connectivity index (χ0n) is 25.9. The van der Waals surface area contributed by atoms with Gasteiger partial charge in [0, 0.05) is 19.5 Å². The van der Waals surface area contributed by atoms with Crippen LogP contribution < -0.4 is 5.32 Å². The van der Waals surface area contributed by atoms with E-state index >= 15 is 0 Å². The first-order valence-electron chi connectivity index (χ1n) is 15.6. The van der Waals surface area contributed by atoms with Gasteiger partial charge in [0.05, 0.1) is 37.1 Å². The Morgan fingerprint density at radius 3 is 2.60 bits per heavy atom. The number of hydrogen-bond donors (Lipinski definition) is 2. The number of nitrogens with zero attached hydrogens (tertiary/aromatic N) is 2. The summed E-state index contributed by atoms with van der Waals surface area (Å²) in [4.78, 5) is 57.5. The van der Waals surface area contributed by atoms with Crippen LogP contribution in [0.15, 0.2) is 25.3 Å². The molecule has 2 N–H and O–H groups in total. The molecule has 3 amide bonds. The number of aliphatic hydroxyl groups excluding tert-OH is 1. The molecule has 3 heterocycles. The first kappa shape index (κ1) is 33.8. The SMILES string of the molecule is C=CCCC(=O)NC[C@@H](C)OC(=O)[C@@H]1[C@H]2C(=O)N([C@@H](CO)CC(C)C)[C@H](C(=O)N(CC=C)CCCCC)[C@]23CC[C@H]1O3. The highest BCUT2D eigenvalue weighted by Crippen LogP contribution is 2.59. The van der Waals surface area contributed by atoms with Crippen molar-refractivity contribution in [3.8, 4) is 0 Å². The molecule has 3 fully saturated rings. The van der Waals surface area contributed by atoms with E-state index in [2.05, 4.69) is 25.4 Å². The van der Waals surface area contributed by atoms with Gasteiger partial charge in [0.2, 0.25) is 17.7 Å². The minimum Gasteiger partial charge on any atom is -0.460 e. The summed E-state index contributed by atoms with van der Waals surface area (Å²) in [5, 5.41) is 13.2. The summed E-state index contributed by atoms with van der Waals surface area (Å²) in [5.74, 6) is -2.87. The van der Waals surface area contributed by atoms with Gasteiger partial charge in [0.15, 0.2) is 0 Å². The Labute approximate surface area is 250 Å². The molecule has 10 nitrogen and oxygen atoms in total. The van der Waals surface area contributed by atoms with E-state index in [0.717, 1.165) is 19.3 Å². The second-order valence-electron chi connectivity index (χ2n) is 12.4. The van der Waals surface area contributed by atoms with Gasteiger partial charge in [-0.3, -0.25) is 19.2 Å². The topological polar surface area (TPSA) is 125 Å². The molecule has 0 aromatic carbocycles. The Bertz CT molecular complexity index is 1000. The van der Waals surface area contributed by atoms with Crippen LogP contribution in [-0.2, 0) is 28.7 Å². The van der Waals surface area contributed by atoms with E-state index in [-0.39, 0.29) is 36.8 Å². The van der Waals surface area contributed by atoms with E-state index in [1.807, 2.05) is 13.8 Å². The van der Waals surface area contributed by atoms with E-state index in [1.54, 1.807) is 24.0 Å². The fraction of sp³-hybridized carbons (Fsp3) is 0.750. The van der Waals surface area contributed by atoms with Crippen LogP contribution in [0.5, 0.6) is 0 Å². The zero-order chi connectivity index (χ0) is 31.0. The van der Waals surface area contributed by atoms with Crippen LogP contribution in [0, 0.1) is 17.8 Å². The smallest absolute Gasteiger partial charge is 0.312 e. The van der Waals surface area contributed by atoms with Crippen LogP contribution in [0.25, 0.3) is 0 Å². The number of ether oxygens (including phenoxy) is 2. The highest BCUT2D eigenvalue weighted by molar-refractivity contribution is 5.98. The van der Waals surface area contributed by atoms with Crippen molar-refractivity contribution in [2.75, 3.05) is 26.2 Å². The van der Waals surface area contributed by atoms with Crippen molar-refractivity contribution in [3.63, 3.8) is 0 Å². The summed E-state index contributed by atoms with van der Waals surface area (Å²) in [7, 11) is 0. The number of amides is 3. The van der Waals surface area contributed by atoms with Crippen molar-refractivity contribution in [2.45, 2.75) is 109 Å². The van der Waals surface area contributed by atoms with Crippen LogP contribution in [0.2, 0.25) is 0 Å². The minimum absolute atomic E-state index is 0.145. The van der Waals surface area contributed by atoms with Crippen LogP contribution in [0.4, 0.5) is 0 Å². The summed E-state index contributed by atoms with van der Waals surface area (Å²) in [6, 6.07) is -1.53. The van der Waals surface area contributed by atoms with Crippen molar-refractivity contribution in [1.29, 1.82) is 0 Å². The number of esters is 1. The summed E-state index contributed by atoms with van der Waals surface area (Å²) < 4.78 is 12.3. The molecule has 0 unspecified atom stereocenters. The molecule has 0 saturated carbocycles. The molecule has 3 rings (SSSR count). The van der Waals surface area contributed by atoms with Crippen molar-refractivity contribution >= 4 is 23.7 Å². The molecule has 7 atom stereocenters. The summed E-state index contributed by atoms with van der Waals surface area (Å²) in [6.07, 6.45) is 7.35. The molecule has 1 spiro atoms. The molecule has 236 valence electrons. The van der Waals surface area contributed by atoms with E-state index in [1.165, 1.54) is 4.90 Å². The fourth-order valence-corrected chi connectivity index (χ4v) is 6.92. The number of likely N-dealkylation sites (tertiary alicyclic amines) is 1.